The predicted molar refractivity (Wildman–Crippen MR) is 439 cm³/mol. The number of nitrogens with one attached hydrogen (secondary N) is 6. The number of amides is 4. The van der Waals surface area contributed by atoms with E-state index in [1.54, 1.807) is 49.5 Å². The van der Waals surface area contributed by atoms with Crippen LogP contribution in [0.25, 0.3) is 0 Å². The van der Waals surface area contributed by atoms with Crippen molar-refractivity contribution in [1.82, 2.24) is 31.9 Å². The molecule has 0 aliphatic carbocycles. The number of ether oxygens (including phenoxy) is 4. The van der Waals surface area contributed by atoms with E-state index >= 15 is 0 Å². The molecule has 0 aromatic heterocycles. The van der Waals surface area contributed by atoms with Gasteiger partial charge in [0.1, 0.15) is 43.2 Å². The second kappa shape index (κ2) is 78.2. The van der Waals surface area contributed by atoms with E-state index in [2.05, 4.69) is 51.5 Å². The van der Waals surface area contributed by atoms with Crippen LogP contribution in [-0.2, 0) is 99.8 Å². The van der Waals surface area contributed by atoms with Crippen molar-refractivity contribution >= 4 is 153 Å². The summed E-state index contributed by atoms with van der Waals surface area (Å²) in [7, 11) is 12.5. The molecule has 0 heterocycles. The predicted octanol–water partition coefficient (Wildman–Crippen LogP) is 10.2. The topological polar surface area (TPSA) is 392 Å². The number of carbonyl (C=O) groups excluding carboxylic acids is 11. The van der Waals surface area contributed by atoms with E-state index in [0.29, 0.717) is 87.9 Å². The molecule has 8 atom stereocenters. The van der Waals surface area contributed by atoms with E-state index in [0.717, 1.165) is 62.9 Å². The van der Waals surface area contributed by atoms with Gasteiger partial charge in [-0.05, 0) is 92.0 Å². The summed E-state index contributed by atoms with van der Waals surface area (Å²) in [5.41, 5.74) is 0. The molecule has 0 rings (SSSR count). The van der Waals surface area contributed by atoms with Crippen LogP contribution in [0.2, 0.25) is 0 Å². The molecule has 0 aromatic carbocycles. The minimum Gasteiger partial charge on any atom is -0.481 e. The molecule has 627 valence electrons. The number of carboxylic acids is 2. The zero-order chi connectivity index (χ0) is 80.8. The number of aliphatic hydroxyl groups excluding tert-OH is 1. The number of carboxylic acid groups (broad SMARTS) is 2. The number of rotatable bonds is 73. The number of hydrogen-bond donors (Lipinski definition) is 10. The van der Waals surface area contributed by atoms with Crippen LogP contribution in [-0.4, -0.2) is 236 Å². The number of unbranched alkanes of at least 4 members (excludes halogenated alkanes) is 13. The summed E-state index contributed by atoms with van der Waals surface area (Å²) in [4.78, 5) is 153. The van der Waals surface area contributed by atoms with Gasteiger partial charge in [-0.15, -0.1) is 12.6 Å². The molecule has 4 amide bonds. The number of likely N-dealkylation sites (N-methyl/N-ethyl adjacent to an activating group) is 2. The third-order valence-electron chi connectivity index (χ3n) is 16.6. The smallest absolute Gasteiger partial charge is 0.326 e. The number of carbonyl (C=O) groups is 13. The van der Waals surface area contributed by atoms with Crippen molar-refractivity contribution in [3.05, 3.63) is 6.92 Å². The Balaban J connectivity index is -0.000000864. The van der Waals surface area contributed by atoms with E-state index in [1.807, 2.05) is 27.7 Å². The van der Waals surface area contributed by atoms with Crippen molar-refractivity contribution in [2.75, 3.05) is 121 Å². The molecule has 0 saturated heterocycles. The summed E-state index contributed by atoms with van der Waals surface area (Å²) in [6, 6.07) is -2.70. The number of aliphatic carboxylic acids is 2. The van der Waals surface area contributed by atoms with Crippen LogP contribution in [0.4, 0.5) is 0 Å². The first-order valence-corrected chi connectivity index (χ1v) is 45.8. The second-order valence-corrected chi connectivity index (χ2v) is 33.9. The Bertz CT molecular complexity index is 2460. The van der Waals surface area contributed by atoms with Gasteiger partial charge in [0.15, 0.2) is 17.3 Å². The Labute approximate surface area is 686 Å². The van der Waals surface area contributed by atoms with Crippen LogP contribution in [0.15, 0.2) is 0 Å². The number of thiol groups is 1. The zero-order valence-electron chi connectivity index (χ0n) is 65.9. The Morgan fingerprint density at radius 3 is 1.39 bits per heavy atom. The van der Waals surface area contributed by atoms with Crippen LogP contribution in [0.1, 0.15) is 215 Å². The third kappa shape index (κ3) is 68.8. The van der Waals surface area contributed by atoms with E-state index in [9.17, 15) is 67.4 Å². The van der Waals surface area contributed by atoms with Gasteiger partial charge in [0.05, 0.1) is 51.2 Å². The minimum absolute atomic E-state index is 0. The molecule has 0 aliphatic rings. The maximum absolute atomic E-state index is 13.1. The molecule has 108 heavy (non-hydrogen) atoms. The number of ketones is 6. The average molecular weight is 1700 g/mol. The van der Waals surface area contributed by atoms with Gasteiger partial charge >= 0.3 is 11.9 Å². The number of aliphatic hydroxyl groups is 1. The Hall–Kier alpha value is -2.74. The quantitative estimate of drug-likeness (QED) is 0.0117. The number of Topliss-reactive ketones (excluding diaryl/α,β-unsaturated/α-hetero) is 6. The summed E-state index contributed by atoms with van der Waals surface area (Å²) in [6.45, 7) is 18.4. The summed E-state index contributed by atoms with van der Waals surface area (Å²) in [5, 5.41) is 43.6. The van der Waals surface area contributed by atoms with Gasteiger partial charge in [0, 0.05) is 117 Å². The summed E-state index contributed by atoms with van der Waals surface area (Å²) >= 11 is 3.85. The molecular formula is C74H133N6O20S7V-. The zero-order valence-corrected chi connectivity index (χ0v) is 73.0. The van der Waals surface area contributed by atoms with Crippen LogP contribution >= 0.6 is 77.4 Å². The van der Waals surface area contributed by atoms with Crippen LogP contribution in [0.3, 0.4) is 0 Å². The molecule has 1 radical (unpaired) electrons. The molecule has 0 aliphatic heterocycles. The van der Waals surface area contributed by atoms with Gasteiger partial charge in [0.25, 0.3) is 0 Å². The molecule has 0 aromatic rings. The van der Waals surface area contributed by atoms with Crippen LogP contribution in [0.5, 0.6) is 0 Å². The first-order chi connectivity index (χ1) is 51.2. The molecule has 34 heteroatoms. The average Bonchev–Trinajstić information content (AvgIpc) is 0.884. The maximum Gasteiger partial charge on any atom is 0.326 e. The van der Waals surface area contributed by atoms with Crippen molar-refractivity contribution in [3.8, 4) is 0 Å². The Kier molecular flexibility index (Phi) is 80.8. The van der Waals surface area contributed by atoms with Gasteiger partial charge in [-0.1, -0.05) is 182 Å². The fourth-order valence-electron chi connectivity index (χ4n) is 9.49. The van der Waals surface area contributed by atoms with Crippen LogP contribution < -0.4 is 31.9 Å². The summed E-state index contributed by atoms with van der Waals surface area (Å²) in [6.07, 6.45) is 20.1. The van der Waals surface area contributed by atoms with Gasteiger partial charge in [-0.3, -0.25) is 52.7 Å². The van der Waals surface area contributed by atoms with Crippen LogP contribution in [0, 0.1) is 30.6 Å². The second-order valence-electron chi connectivity index (χ2n) is 25.8. The van der Waals surface area contributed by atoms with Gasteiger partial charge in [0.2, 0.25) is 28.7 Å². The molecular weight excluding hydrogens is 1570 g/mol. The van der Waals surface area contributed by atoms with E-state index in [-0.39, 0.29) is 177 Å². The molecule has 0 unspecified atom stereocenters. The summed E-state index contributed by atoms with van der Waals surface area (Å²) < 4.78 is 21.3. The fourth-order valence-corrected chi connectivity index (χ4v) is 18.0. The first kappa shape index (κ1) is 112. The van der Waals surface area contributed by atoms with Gasteiger partial charge in [-0.25, -0.2) is 4.79 Å². The maximum atomic E-state index is 13.1. The number of hydrogen-bond acceptors (Lipinski definition) is 26. The third-order valence-corrected chi connectivity index (χ3v) is 24.5. The Morgan fingerprint density at radius 2 is 0.907 bits per heavy atom. The van der Waals surface area contributed by atoms with Crippen molar-refractivity contribution < 1.29 is 115 Å². The molecule has 0 saturated carbocycles. The van der Waals surface area contributed by atoms with Gasteiger partial charge < -0.3 is 77.9 Å². The normalized spacial score (nSPS) is 13.2. The molecule has 9 N–H and O–H groups in total. The molecule has 26 nitrogen and oxygen atoms in total. The Morgan fingerprint density at radius 1 is 0.435 bits per heavy atom. The fraction of sp³-hybridized carbons (Fsp3) is 0.811. The van der Waals surface area contributed by atoms with Crippen molar-refractivity contribution in [2.45, 2.75) is 240 Å². The molecule has 0 spiro atoms. The van der Waals surface area contributed by atoms with Crippen molar-refractivity contribution in [3.63, 3.8) is 0 Å². The first-order valence-electron chi connectivity index (χ1n) is 37.9. The summed E-state index contributed by atoms with van der Waals surface area (Å²) in [5.74, 6) is -0.295. The minimum atomic E-state index is -1.17. The van der Waals surface area contributed by atoms with Crippen molar-refractivity contribution in [2.24, 2.45) is 23.7 Å². The molecule has 0 fully saturated rings. The SMILES string of the molecule is CCCNC(=O)COCCOCCCC(=O)COCCOCCNC(=O)CC[C@H](NC(=O)CCCCCCCCCCCCCCCCC(=O)O)C(=O)O.CCC[C@H](NC(=O)[C@H](CSSC[C@H](NC)C(=O)S)NC)C(=O)C[C@@H](CSSC[C@H](CC)C(=O)CO)C(C)=O.[CH2-][C@@H](CSSC[C@H](CC)C(C)=O)C(C)=O.[V]. The van der Waals surface area contributed by atoms with E-state index in [1.165, 1.54) is 95.0 Å². The molecule has 0 bridgehead atoms. The largest absolute Gasteiger partial charge is 0.481 e. The van der Waals surface area contributed by atoms with Crippen molar-refractivity contribution in [1.29, 1.82) is 0 Å². The van der Waals surface area contributed by atoms with E-state index in [4.69, 9.17) is 29.2 Å². The monoisotopic (exact) mass is 1700 g/mol. The van der Waals surface area contributed by atoms with Gasteiger partial charge in [-0.2, -0.15) is 0 Å². The standard InChI is InChI=1S/C39H71N3O12.C24H43N3O6S5.C11H19O2S2.V/c1-2-23-40-37(46)32-54-30-27-51-25-17-18-33(43)31-53-29-28-52-26-24-41-35(44)22-21-34(39(49)50)42-36(45)19-15-13-11-9-7-5-3-4-6-8-10-12-14-16-20-38(47)48;1-6-8-18(27-23(32)19(25-4)13-37-38-14-20(26-5)24(33)34)21(30)9-17(15(3)29)12-36-35-11-16(7-2)22(31)10-28;1-5-11(10(4)13)7-15-14-6-8(2)9(3)12;/h34H,2-32H2,1H3,(H,40,46)(H,41,44)(H,42,45)(H,47,48)(H,49,50);16-20,25-26,28H,6-14H2,1-5H3,(H,27,32)(H,33,34);8,11H,2,5-7H2,1,3-4H3;/q;;-1;/t34-;16-,17-,18-,19-,20-;8-,11-;/m000./s1. The van der Waals surface area contributed by atoms with E-state index < -0.39 is 42.6 Å².